The van der Waals surface area contributed by atoms with Gasteiger partial charge in [-0.25, -0.2) is 4.79 Å². The van der Waals surface area contributed by atoms with Crippen LogP contribution in [0.25, 0.3) is 11.1 Å². The number of carboxylic acid groups (broad SMARTS) is 1. The highest BCUT2D eigenvalue weighted by Gasteiger charge is 2.57. The van der Waals surface area contributed by atoms with Crippen molar-refractivity contribution in [1.82, 2.24) is 10.2 Å². The van der Waals surface area contributed by atoms with Crippen molar-refractivity contribution in [3.8, 4) is 11.1 Å². The number of nitrogens with zero attached hydrogens (tertiary/aromatic N) is 1. The van der Waals surface area contributed by atoms with Gasteiger partial charge in [-0.15, -0.1) is 0 Å². The molecule has 1 aliphatic heterocycles. The Balaban J connectivity index is 1.10. The molecule has 7 heteroatoms. The predicted molar refractivity (Wildman–Crippen MR) is 131 cm³/mol. The van der Waals surface area contributed by atoms with Crippen molar-refractivity contribution in [3.05, 3.63) is 59.7 Å². The number of hydrogen-bond acceptors (Lipinski definition) is 4. The molecule has 2 fully saturated rings. The van der Waals surface area contributed by atoms with Crippen molar-refractivity contribution in [3.63, 3.8) is 0 Å². The fourth-order valence-electron chi connectivity index (χ4n) is 5.97. The summed E-state index contributed by atoms with van der Waals surface area (Å²) < 4.78 is 5.65. The van der Waals surface area contributed by atoms with Crippen LogP contribution in [0.1, 0.15) is 49.7 Å². The van der Waals surface area contributed by atoms with Crippen LogP contribution >= 0.6 is 0 Å². The van der Waals surface area contributed by atoms with Crippen LogP contribution in [0.2, 0.25) is 0 Å². The smallest absolute Gasteiger partial charge is 0.407 e. The number of benzene rings is 2. The van der Waals surface area contributed by atoms with E-state index in [1.807, 2.05) is 31.2 Å². The van der Waals surface area contributed by atoms with E-state index in [-0.39, 0.29) is 42.2 Å². The third-order valence-corrected chi connectivity index (χ3v) is 8.00. The van der Waals surface area contributed by atoms with Crippen LogP contribution in [-0.4, -0.2) is 53.7 Å². The summed E-state index contributed by atoms with van der Waals surface area (Å²) in [5.74, 6) is -0.651. The molecule has 7 nitrogen and oxygen atoms in total. The van der Waals surface area contributed by atoms with Crippen molar-refractivity contribution in [2.24, 2.45) is 17.8 Å². The van der Waals surface area contributed by atoms with Gasteiger partial charge in [0.15, 0.2) is 0 Å². The number of likely N-dealkylation sites (tertiary alicyclic amines) is 1. The lowest BCUT2D eigenvalue weighted by molar-refractivity contribution is -0.139. The van der Waals surface area contributed by atoms with Gasteiger partial charge in [0, 0.05) is 31.5 Å². The molecule has 35 heavy (non-hydrogen) atoms. The third-order valence-electron chi connectivity index (χ3n) is 8.00. The largest absolute Gasteiger partial charge is 0.481 e. The number of fused-ring (bicyclic) bond motifs is 4. The molecule has 2 N–H and O–H groups in total. The Morgan fingerprint density at radius 2 is 1.71 bits per heavy atom. The number of ether oxygens (including phenoxy) is 1. The van der Waals surface area contributed by atoms with Gasteiger partial charge in [-0.3, -0.25) is 9.59 Å². The number of nitrogens with one attached hydrogen (secondary N) is 1. The summed E-state index contributed by atoms with van der Waals surface area (Å²) in [6, 6.07) is 16.3. The first-order valence-corrected chi connectivity index (χ1v) is 12.6. The molecule has 5 rings (SSSR count). The van der Waals surface area contributed by atoms with Gasteiger partial charge in [0.25, 0.3) is 0 Å². The second-order valence-corrected chi connectivity index (χ2v) is 9.93. The SMILES string of the molecule is CCC(CCC(=O)N1CCC2C(C1)C2C(=O)O)NC(=O)OCC1c2ccccc2-c2ccccc21. The summed E-state index contributed by atoms with van der Waals surface area (Å²) in [7, 11) is 0. The Labute approximate surface area is 205 Å². The van der Waals surface area contributed by atoms with Gasteiger partial charge in [-0.1, -0.05) is 55.5 Å². The Bertz CT molecular complexity index is 1090. The molecule has 0 bridgehead atoms. The zero-order chi connectivity index (χ0) is 24.5. The molecule has 3 aliphatic rings. The number of rotatable bonds is 8. The lowest BCUT2D eigenvalue weighted by Crippen LogP contribution is -2.39. The van der Waals surface area contributed by atoms with Gasteiger partial charge in [0.2, 0.25) is 5.91 Å². The fraction of sp³-hybridized carbons (Fsp3) is 0.464. The highest BCUT2D eigenvalue weighted by atomic mass is 16.5. The van der Waals surface area contributed by atoms with Crippen LogP contribution in [0.3, 0.4) is 0 Å². The van der Waals surface area contributed by atoms with Crippen LogP contribution < -0.4 is 5.32 Å². The molecule has 1 saturated heterocycles. The van der Waals surface area contributed by atoms with E-state index in [0.29, 0.717) is 32.4 Å². The van der Waals surface area contributed by atoms with Crippen LogP contribution in [0.5, 0.6) is 0 Å². The molecule has 4 atom stereocenters. The maximum atomic E-state index is 12.7. The van der Waals surface area contributed by atoms with Crippen LogP contribution in [0.15, 0.2) is 48.5 Å². The first kappa shape index (κ1) is 23.4. The summed E-state index contributed by atoms with van der Waals surface area (Å²) in [6.45, 7) is 3.40. The van der Waals surface area contributed by atoms with E-state index < -0.39 is 12.1 Å². The molecule has 184 valence electrons. The quantitative estimate of drug-likeness (QED) is 0.593. The highest BCUT2D eigenvalue weighted by molar-refractivity contribution is 5.79. The standard InChI is InChI=1S/C28H32N2O5/c1-2-17(11-12-25(31)30-14-13-22-23(15-30)26(22)27(32)33)29-28(34)35-16-24-20-9-5-3-7-18(20)19-8-4-6-10-21(19)24/h3-10,17,22-24,26H,2,11-16H2,1H3,(H,29,34)(H,32,33). The second-order valence-electron chi connectivity index (χ2n) is 9.93. The number of alkyl carbamates (subject to hydrolysis) is 1. The number of carbonyl (C=O) groups excluding carboxylic acids is 2. The Morgan fingerprint density at radius 3 is 2.34 bits per heavy atom. The molecule has 2 aromatic rings. The van der Waals surface area contributed by atoms with Crippen molar-refractivity contribution in [2.75, 3.05) is 19.7 Å². The number of piperidine rings is 1. The minimum atomic E-state index is -0.743. The van der Waals surface area contributed by atoms with Crippen LogP contribution in [0, 0.1) is 17.8 Å². The minimum Gasteiger partial charge on any atom is -0.481 e. The summed E-state index contributed by atoms with van der Waals surface area (Å²) in [4.78, 5) is 38.4. The third kappa shape index (κ3) is 4.64. The number of hydrogen-bond donors (Lipinski definition) is 2. The molecule has 1 heterocycles. The molecule has 2 aliphatic carbocycles. The molecule has 0 radical (unpaired) electrons. The molecule has 1 saturated carbocycles. The first-order valence-electron chi connectivity index (χ1n) is 12.6. The normalized spacial score (nSPS) is 23.0. The lowest BCUT2D eigenvalue weighted by Gasteiger charge is -2.27. The van der Waals surface area contributed by atoms with E-state index in [0.717, 1.165) is 6.42 Å². The number of amides is 2. The first-order chi connectivity index (χ1) is 17.0. The molecular formula is C28H32N2O5. The zero-order valence-corrected chi connectivity index (χ0v) is 20.0. The average molecular weight is 477 g/mol. The van der Waals surface area contributed by atoms with Gasteiger partial charge in [-0.2, -0.15) is 0 Å². The topological polar surface area (TPSA) is 95.9 Å². The molecule has 4 unspecified atom stereocenters. The maximum absolute atomic E-state index is 12.7. The molecular weight excluding hydrogens is 444 g/mol. The zero-order valence-electron chi connectivity index (χ0n) is 20.0. The predicted octanol–water partition coefficient (Wildman–Crippen LogP) is 4.26. The van der Waals surface area contributed by atoms with E-state index in [9.17, 15) is 19.5 Å². The highest BCUT2D eigenvalue weighted by Crippen LogP contribution is 2.51. The average Bonchev–Trinajstić information content (AvgIpc) is 3.52. The van der Waals surface area contributed by atoms with Gasteiger partial charge >= 0.3 is 12.1 Å². The Hall–Kier alpha value is -3.35. The molecule has 0 spiro atoms. The van der Waals surface area contributed by atoms with Gasteiger partial charge in [0.1, 0.15) is 6.61 Å². The minimum absolute atomic E-state index is 0.00906. The van der Waals surface area contributed by atoms with Gasteiger partial charge in [-0.05, 0) is 53.4 Å². The van der Waals surface area contributed by atoms with Crippen molar-refractivity contribution >= 4 is 18.0 Å². The van der Waals surface area contributed by atoms with E-state index in [4.69, 9.17) is 4.74 Å². The second kappa shape index (κ2) is 9.72. The monoisotopic (exact) mass is 476 g/mol. The van der Waals surface area contributed by atoms with Gasteiger partial charge in [0.05, 0.1) is 5.92 Å². The van der Waals surface area contributed by atoms with E-state index in [1.165, 1.54) is 22.3 Å². The number of carboxylic acids is 1. The van der Waals surface area contributed by atoms with E-state index >= 15 is 0 Å². The van der Waals surface area contributed by atoms with Crippen molar-refractivity contribution in [1.29, 1.82) is 0 Å². The van der Waals surface area contributed by atoms with E-state index in [1.54, 1.807) is 4.90 Å². The number of aliphatic carboxylic acids is 1. The lowest BCUT2D eigenvalue weighted by atomic mass is 9.98. The summed E-state index contributed by atoms with van der Waals surface area (Å²) in [5.41, 5.74) is 4.71. The molecule has 2 amide bonds. The molecule has 0 aromatic heterocycles. The molecule has 2 aromatic carbocycles. The van der Waals surface area contributed by atoms with Crippen LogP contribution in [-0.2, 0) is 14.3 Å². The summed E-state index contributed by atoms with van der Waals surface area (Å²) in [6.07, 6.45) is 1.87. The summed E-state index contributed by atoms with van der Waals surface area (Å²) >= 11 is 0. The Kier molecular flexibility index (Phi) is 6.50. The number of carbonyl (C=O) groups is 3. The maximum Gasteiger partial charge on any atom is 0.407 e. The van der Waals surface area contributed by atoms with E-state index in [2.05, 4.69) is 29.6 Å². The van der Waals surface area contributed by atoms with Gasteiger partial charge < -0.3 is 20.1 Å². The fourth-order valence-corrected chi connectivity index (χ4v) is 5.97. The van der Waals surface area contributed by atoms with Crippen molar-refractivity contribution in [2.45, 2.75) is 44.6 Å². The Morgan fingerprint density at radius 1 is 1.06 bits per heavy atom. The summed E-state index contributed by atoms with van der Waals surface area (Å²) in [5, 5.41) is 12.2. The van der Waals surface area contributed by atoms with Crippen LogP contribution in [0.4, 0.5) is 4.79 Å². The van der Waals surface area contributed by atoms with Crippen molar-refractivity contribution < 1.29 is 24.2 Å².